The summed E-state index contributed by atoms with van der Waals surface area (Å²) in [4.78, 5) is 4.25. The Hall–Kier alpha value is -1.41. The Kier molecular flexibility index (Phi) is 3.20. The van der Waals surface area contributed by atoms with Gasteiger partial charge in [0.1, 0.15) is 12.0 Å². The highest BCUT2D eigenvalue weighted by Crippen LogP contribution is 2.40. The number of aromatic nitrogens is 2. The van der Waals surface area contributed by atoms with Crippen LogP contribution in [0.25, 0.3) is 0 Å². The number of rotatable bonds is 4. The molecule has 1 aromatic heterocycles. The zero-order valence-electron chi connectivity index (χ0n) is 9.40. The van der Waals surface area contributed by atoms with E-state index in [9.17, 15) is 0 Å². The van der Waals surface area contributed by atoms with E-state index in [1.54, 1.807) is 0 Å². The molecule has 1 saturated carbocycles. The van der Waals surface area contributed by atoms with Gasteiger partial charge in [0.2, 0.25) is 11.7 Å². The van der Waals surface area contributed by atoms with Gasteiger partial charge in [0.25, 0.3) is 0 Å². The predicted molar refractivity (Wildman–Crippen MR) is 55.4 cm³/mol. The molecule has 1 fully saturated rings. The number of hydrogen-bond donors (Lipinski definition) is 0. The zero-order chi connectivity index (χ0) is 11.4. The van der Waals surface area contributed by atoms with Crippen LogP contribution in [-0.2, 0) is 16.8 Å². The van der Waals surface area contributed by atoms with Gasteiger partial charge in [-0.15, -0.1) is 0 Å². The van der Waals surface area contributed by atoms with Gasteiger partial charge in [0.05, 0.1) is 6.07 Å². The molecule has 2 rings (SSSR count). The van der Waals surface area contributed by atoms with Gasteiger partial charge in [-0.3, -0.25) is 0 Å². The summed E-state index contributed by atoms with van der Waals surface area (Å²) in [6, 6.07) is 2.00. The third kappa shape index (κ3) is 1.93. The van der Waals surface area contributed by atoms with Crippen LogP contribution in [0.2, 0.25) is 0 Å². The average Bonchev–Trinajstić information content (AvgIpc) is 2.88. The summed E-state index contributed by atoms with van der Waals surface area (Å²) in [5.74, 6) is 0.987. The molecule has 16 heavy (non-hydrogen) atoms. The predicted octanol–water partition coefficient (Wildman–Crippen LogP) is 1.94. The van der Waals surface area contributed by atoms with Crippen LogP contribution in [0.1, 0.15) is 44.3 Å². The van der Waals surface area contributed by atoms with Crippen molar-refractivity contribution in [2.75, 3.05) is 6.61 Å². The molecular weight excluding hydrogens is 206 g/mol. The summed E-state index contributed by atoms with van der Waals surface area (Å²) in [5.41, 5.74) is -0.369. The molecule has 5 heteroatoms. The molecule has 0 saturated heterocycles. The second-order valence-corrected chi connectivity index (χ2v) is 3.98. The van der Waals surface area contributed by atoms with Crippen LogP contribution >= 0.6 is 0 Å². The van der Waals surface area contributed by atoms with Gasteiger partial charge in [0, 0.05) is 6.61 Å². The van der Waals surface area contributed by atoms with Crippen LogP contribution < -0.4 is 0 Å². The topological polar surface area (TPSA) is 71.9 Å². The quantitative estimate of drug-likeness (QED) is 0.776. The Morgan fingerprint density at radius 2 is 2.25 bits per heavy atom. The van der Waals surface area contributed by atoms with Gasteiger partial charge in [-0.25, -0.2) is 0 Å². The molecule has 1 aliphatic rings. The highest BCUT2D eigenvalue weighted by atomic mass is 16.5. The molecule has 1 heterocycles. The van der Waals surface area contributed by atoms with Crippen molar-refractivity contribution in [1.29, 1.82) is 5.26 Å². The van der Waals surface area contributed by atoms with E-state index < -0.39 is 0 Å². The Labute approximate surface area is 94.4 Å². The van der Waals surface area contributed by atoms with Gasteiger partial charge in [-0.2, -0.15) is 10.2 Å². The first-order valence-corrected chi connectivity index (χ1v) is 5.65. The lowest BCUT2D eigenvalue weighted by Crippen LogP contribution is -2.27. The highest BCUT2D eigenvalue weighted by molar-refractivity contribution is 5.05. The van der Waals surface area contributed by atoms with Gasteiger partial charge >= 0.3 is 0 Å². The Morgan fingerprint density at radius 3 is 2.88 bits per heavy atom. The van der Waals surface area contributed by atoms with Crippen LogP contribution in [-0.4, -0.2) is 16.7 Å². The minimum atomic E-state index is -0.369. The van der Waals surface area contributed by atoms with Crippen LogP contribution in [0.4, 0.5) is 0 Å². The number of nitriles is 1. The summed E-state index contributed by atoms with van der Waals surface area (Å²) in [6.45, 7) is 2.61. The van der Waals surface area contributed by atoms with Crippen molar-refractivity contribution in [3.8, 4) is 6.07 Å². The normalized spacial score (nSPS) is 18.5. The van der Waals surface area contributed by atoms with E-state index in [1.807, 2.05) is 13.0 Å². The maximum Gasteiger partial charge on any atom is 0.240 e. The fourth-order valence-electron chi connectivity index (χ4n) is 2.23. The lowest BCUT2D eigenvalue weighted by atomic mass is 10.0. The molecule has 0 radical (unpaired) electrons. The van der Waals surface area contributed by atoms with E-state index in [0.29, 0.717) is 18.3 Å². The van der Waals surface area contributed by atoms with Gasteiger partial charge in [-0.05, 0) is 32.6 Å². The lowest BCUT2D eigenvalue weighted by Gasteiger charge is -2.24. The second-order valence-electron chi connectivity index (χ2n) is 3.98. The summed E-state index contributed by atoms with van der Waals surface area (Å²) in [5, 5.41) is 12.5. The standard InChI is InChI=1S/C11H15N3O2/c1-2-15-11(6-3-4-7-11)10-13-9(5-8-12)16-14-10/h2-7H2,1H3. The van der Waals surface area contributed by atoms with Crippen molar-refractivity contribution < 1.29 is 9.26 Å². The summed E-state index contributed by atoms with van der Waals surface area (Å²) in [6.07, 6.45) is 4.29. The van der Waals surface area contributed by atoms with Gasteiger partial charge in [0.15, 0.2) is 0 Å². The monoisotopic (exact) mass is 221 g/mol. The highest BCUT2D eigenvalue weighted by Gasteiger charge is 2.40. The molecule has 0 aromatic carbocycles. The van der Waals surface area contributed by atoms with Crippen molar-refractivity contribution in [2.24, 2.45) is 0 Å². The molecule has 5 nitrogen and oxygen atoms in total. The molecule has 0 unspecified atom stereocenters. The Bertz CT molecular complexity index is 388. The molecule has 0 atom stereocenters. The first-order valence-electron chi connectivity index (χ1n) is 5.65. The van der Waals surface area contributed by atoms with E-state index in [2.05, 4.69) is 10.1 Å². The van der Waals surface area contributed by atoms with Crippen LogP contribution in [0.5, 0.6) is 0 Å². The van der Waals surface area contributed by atoms with Crippen LogP contribution in [0, 0.1) is 11.3 Å². The fourth-order valence-corrected chi connectivity index (χ4v) is 2.23. The molecule has 0 bridgehead atoms. The van der Waals surface area contributed by atoms with E-state index >= 15 is 0 Å². The second kappa shape index (κ2) is 4.62. The maximum atomic E-state index is 8.55. The third-order valence-electron chi connectivity index (χ3n) is 2.94. The molecule has 0 N–H and O–H groups in total. The van der Waals surface area contributed by atoms with Crippen LogP contribution in [0.3, 0.4) is 0 Å². The minimum Gasteiger partial charge on any atom is -0.367 e. The van der Waals surface area contributed by atoms with Crippen molar-refractivity contribution >= 4 is 0 Å². The van der Waals surface area contributed by atoms with Crippen molar-refractivity contribution in [2.45, 2.75) is 44.6 Å². The van der Waals surface area contributed by atoms with Gasteiger partial charge in [-0.1, -0.05) is 5.16 Å². The molecule has 1 aliphatic carbocycles. The SMILES string of the molecule is CCOC1(c2noc(CC#N)n2)CCCC1. The van der Waals surface area contributed by atoms with E-state index in [1.165, 1.54) is 0 Å². The smallest absolute Gasteiger partial charge is 0.240 e. The largest absolute Gasteiger partial charge is 0.367 e. The van der Waals surface area contributed by atoms with E-state index in [0.717, 1.165) is 25.7 Å². The molecule has 0 aliphatic heterocycles. The molecule has 0 spiro atoms. The third-order valence-corrected chi connectivity index (χ3v) is 2.94. The maximum absolute atomic E-state index is 8.55. The average molecular weight is 221 g/mol. The van der Waals surface area contributed by atoms with Gasteiger partial charge < -0.3 is 9.26 Å². The Morgan fingerprint density at radius 1 is 1.50 bits per heavy atom. The zero-order valence-corrected chi connectivity index (χ0v) is 9.40. The molecule has 1 aromatic rings. The van der Waals surface area contributed by atoms with Crippen molar-refractivity contribution in [1.82, 2.24) is 10.1 Å². The first-order chi connectivity index (χ1) is 7.80. The molecule has 86 valence electrons. The number of hydrogen-bond acceptors (Lipinski definition) is 5. The fraction of sp³-hybridized carbons (Fsp3) is 0.727. The summed E-state index contributed by atoms with van der Waals surface area (Å²) in [7, 11) is 0. The van der Waals surface area contributed by atoms with Crippen LogP contribution in [0.15, 0.2) is 4.52 Å². The minimum absolute atomic E-state index is 0.162. The van der Waals surface area contributed by atoms with Crippen molar-refractivity contribution in [3.05, 3.63) is 11.7 Å². The van der Waals surface area contributed by atoms with E-state index in [4.69, 9.17) is 14.5 Å². The summed E-state index contributed by atoms with van der Waals surface area (Å²) < 4.78 is 10.8. The van der Waals surface area contributed by atoms with E-state index in [-0.39, 0.29) is 12.0 Å². The number of nitrogens with zero attached hydrogens (tertiary/aromatic N) is 3. The molecule has 0 amide bonds. The Balaban J connectivity index is 2.22. The number of ether oxygens (including phenoxy) is 1. The first kappa shape index (κ1) is 11.1. The molecular formula is C11H15N3O2. The summed E-state index contributed by atoms with van der Waals surface area (Å²) >= 11 is 0. The van der Waals surface area contributed by atoms with Crippen molar-refractivity contribution in [3.63, 3.8) is 0 Å². The lowest BCUT2D eigenvalue weighted by molar-refractivity contribution is -0.0469.